The first-order valence-electron chi connectivity index (χ1n) is 5.38. The molecule has 88 valence electrons. The van der Waals surface area contributed by atoms with Gasteiger partial charge in [-0.05, 0) is 19.3 Å². The number of nitrogens with two attached hydrogens (primary N) is 1. The van der Waals surface area contributed by atoms with E-state index < -0.39 is 18.2 Å². The maximum Gasteiger partial charge on any atom is 0.259 e. The number of hydrogen-bond donors (Lipinski definition) is 1. The average Bonchev–Trinajstić information content (AvgIpc) is 2.67. The van der Waals surface area contributed by atoms with Crippen molar-refractivity contribution in [1.82, 2.24) is 4.90 Å². The fraction of sp³-hybridized carbons (Fsp3) is 0.700. The van der Waals surface area contributed by atoms with Crippen LogP contribution < -0.4 is 5.73 Å². The molecule has 0 radical (unpaired) electrons. The molecule has 6 heteroatoms. The van der Waals surface area contributed by atoms with Crippen LogP contribution in [-0.4, -0.2) is 40.0 Å². The summed E-state index contributed by atoms with van der Waals surface area (Å²) in [5.41, 5.74) is 5.56. The van der Waals surface area contributed by atoms with Crippen molar-refractivity contribution in [3.05, 3.63) is 0 Å². The molecule has 16 heavy (non-hydrogen) atoms. The van der Waals surface area contributed by atoms with Crippen LogP contribution in [-0.2, 0) is 14.3 Å². The fourth-order valence-electron chi connectivity index (χ4n) is 2.24. The number of morpholine rings is 1. The number of thiocarbonyl (C=S) groups is 1. The Morgan fingerprint density at radius 2 is 2.00 bits per heavy atom. The zero-order chi connectivity index (χ0) is 11.9. The summed E-state index contributed by atoms with van der Waals surface area (Å²) in [5.74, 6) is -0.586. The van der Waals surface area contributed by atoms with E-state index in [1.54, 1.807) is 0 Å². The number of ether oxygens (including phenoxy) is 1. The summed E-state index contributed by atoms with van der Waals surface area (Å²) >= 11 is 4.89. The summed E-state index contributed by atoms with van der Waals surface area (Å²) in [6.45, 7) is 1.85. The van der Waals surface area contributed by atoms with Gasteiger partial charge in [-0.25, -0.2) is 0 Å². The van der Waals surface area contributed by atoms with Crippen molar-refractivity contribution in [2.45, 2.75) is 44.4 Å². The Morgan fingerprint density at radius 1 is 1.50 bits per heavy atom. The molecule has 2 aliphatic rings. The molecular weight excluding hydrogens is 228 g/mol. The van der Waals surface area contributed by atoms with Crippen molar-refractivity contribution >= 4 is 29.0 Å². The third-order valence-corrected chi connectivity index (χ3v) is 3.34. The quantitative estimate of drug-likeness (QED) is 0.555. The molecule has 0 aromatic heterocycles. The highest BCUT2D eigenvalue weighted by Crippen LogP contribution is 2.30. The van der Waals surface area contributed by atoms with Gasteiger partial charge in [-0.1, -0.05) is 19.1 Å². The number of imide groups is 1. The Kier molecular flexibility index (Phi) is 2.94. The van der Waals surface area contributed by atoms with Crippen molar-refractivity contribution in [3.63, 3.8) is 0 Å². The van der Waals surface area contributed by atoms with E-state index in [0.29, 0.717) is 19.3 Å². The maximum absolute atomic E-state index is 12.0. The molecule has 2 heterocycles. The second-order valence-corrected chi connectivity index (χ2v) is 4.54. The largest absolute Gasteiger partial charge is 0.392 e. The van der Waals surface area contributed by atoms with E-state index in [1.807, 2.05) is 6.92 Å². The predicted octanol–water partition coefficient (Wildman–Crippen LogP) is -0.0325. The molecule has 3 atom stereocenters. The molecule has 2 N–H and O–H groups in total. The Balaban J connectivity index is 2.28. The number of fused-ring (bicyclic) bond motifs is 2. The van der Waals surface area contributed by atoms with Crippen LogP contribution in [0.1, 0.15) is 26.2 Å². The highest BCUT2D eigenvalue weighted by Gasteiger charge is 2.48. The highest BCUT2D eigenvalue weighted by molar-refractivity contribution is 7.80. The lowest BCUT2D eigenvalue weighted by molar-refractivity contribution is -0.169. The lowest BCUT2D eigenvalue weighted by atomic mass is 10.1. The molecule has 3 unspecified atom stereocenters. The number of amides is 2. The molecule has 2 amide bonds. The summed E-state index contributed by atoms with van der Waals surface area (Å²) < 4.78 is 5.30. The molecule has 0 aliphatic carbocycles. The van der Waals surface area contributed by atoms with Gasteiger partial charge >= 0.3 is 0 Å². The standard InChI is InChI=1S/C10H14N2O3S/c1-2-5(8(11)16)12-9(13)6-3-4-7(15-6)10(12)14/h5-7H,2-4H2,1H3,(H2,11,16). The first kappa shape index (κ1) is 11.5. The van der Waals surface area contributed by atoms with Crippen LogP contribution in [0.15, 0.2) is 0 Å². The molecule has 2 rings (SSSR count). The summed E-state index contributed by atoms with van der Waals surface area (Å²) in [6.07, 6.45) is 0.808. The minimum atomic E-state index is -0.480. The van der Waals surface area contributed by atoms with Gasteiger partial charge in [-0.15, -0.1) is 0 Å². The highest BCUT2D eigenvalue weighted by atomic mass is 32.1. The molecule has 2 saturated heterocycles. The fourth-order valence-corrected chi connectivity index (χ4v) is 2.51. The maximum atomic E-state index is 12.0. The Morgan fingerprint density at radius 3 is 2.38 bits per heavy atom. The second-order valence-electron chi connectivity index (χ2n) is 4.06. The number of carbonyl (C=O) groups is 2. The molecule has 2 fully saturated rings. The van der Waals surface area contributed by atoms with E-state index in [4.69, 9.17) is 22.7 Å². The molecule has 2 bridgehead atoms. The van der Waals surface area contributed by atoms with Crippen LogP contribution in [0.4, 0.5) is 0 Å². The minimum Gasteiger partial charge on any atom is -0.392 e. The number of hydrogen-bond acceptors (Lipinski definition) is 4. The predicted molar refractivity (Wildman–Crippen MR) is 60.6 cm³/mol. The van der Waals surface area contributed by atoms with Crippen molar-refractivity contribution in [2.75, 3.05) is 0 Å². The SMILES string of the molecule is CCC(C(N)=S)N1C(=O)C2CCC(O2)C1=O. The van der Waals surface area contributed by atoms with Crippen molar-refractivity contribution < 1.29 is 14.3 Å². The van der Waals surface area contributed by atoms with Gasteiger partial charge in [0.2, 0.25) is 0 Å². The van der Waals surface area contributed by atoms with E-state index in [1.165, 1.54) is 4.90 Å². The van der Waals surface area contributed by atoms with Crippen LogP contribution in [0.2, 0.25) is 0 Å². The number of nitrogens with zero attached hydrogens (tertiary/aromatic N) is 1. The van der Waals surface area contributed by atoms with Gasteiger partial charge in [0.05, 0.1) is 11.0 Å². The third-order valence-electron chi connectivity index (χ3n) is 3.07. The number of likely N-dealkylation sites (tertiary alicyclic amines) is 1. The second kappa shape index (κ2) is 4.10. The minimum absolute atomic E-state index is 0.186. The molecule has 2 aliphatic heterocycles. The summed E-state index contributed by atoms with van der Waals surface area (Å²) in [4.78, 5) is 25.3. The van der Waals surface area contributed by atoms with Crippen LogP contribution in [0.5, 0.6) is 0 Å². The van der Waals surface area contributed by atoms with Gasteiger partial charge < -0.3 is 10.5 Å². The third kappa shape index (κ3) is 1.62. The molecule has 5 nitrogen and oxygen atoms in total. The zero-order valence-corrected chi connectivity index (χ0v) is 9.83. The van der Waals surface area contributed by atoms with Crippen molar-refractivity contribution in [1.29, 1.82) is 0 Å². The van der Waals surface area contributed by atoms with E-state index in [2.05, 4.69) is 0 Å². The van der Waals surface area contributed by atoms with Crippen LogP contribution in [0.3, 0.4) is 0 Å². The number of carbonyl (C=O) groups excluding carboxylic acids is 2. The van der Waals surface area contributed by atoms with E-state index in [0.717, 1.165) is 0 Å². The van der Waals surface area contributed by atoms with E-state index >= 15 is 0 Å². The summed E-state index contributed by atoms with van der Waals surface area (Å²) in [7, 11) is 0. The first-order valence-corrected chi connectivity index (χ1v) is 5.78. The van der Waals surface area contributed by atoms with Crippen molar-refractivity contribution in [2.24, 2.45) is 5.73 Å². The average molecular weight is 242 g/mol. The Bertz CT molecular complexity index is 336. The Labute approximate surface area is 98.9 Å². The van der Waals surface area contributed by atoms with Crippen molar-refractivity contribution in [3.8, 4) is 0 Å². The van der Waals surface area contributed by atoms with Gasteiger partial charge in [-0.3, -0.25) is 14.5 Å². The van der Waals surface area contributed by atoms with Gasteiger partial charge in [0.25, 0.3) is 11.8 Å². The van der Waals surface area contributed by atoms with Gasteiger partial charge in [0.1, 0.15) is 12.2 Å². The number of rotatable bonds is 3. The van der Waals surface area contributed by atoms with Crippen LogP contribution in [0.25, 0.3) is 0 Å². The molecule has 0 aromatic carbocycles. The molecule has 0 aromatic rings. The lowest BCUT2D eigenvalue weighted by Crippen LogP contribution is -2.58. The molecule has 0 saturated carbocycles. The Hall–Kier alpha value is -1.01. The normalized spacial score (nSPS) is 30.7. The first-order chi connectivity index (χ1) is 7.56. The topological polar surface area (TPSA) is 72.6 Å². The van der Waals surface area contributed by atoms with Gasteiger partial charge in [0.15, 0.2) is 0 Å². The van der Waals surface area contributed by atoms with Gasteiger partial charge in [0, 0.05) is 0 Å². The molecule has 0 spiro atoms. The summed E-state index contributed by atoms with van der Waals surface area (Å²) in [6, 6.07) is -0.470. The van der Waals surface area contributed by atoms with E-state index in [-0.39, 0.29) is 16.8 Å². The monoisotopic (exact) mass is 242 g/mol. The lowest BCUT2D eigenvalue weighted by Gasteiger charge is -2.34. The smallest absolute Gasteiger partial charge is 0.259 e. The van der Waals surface area contributed by atoms with Gasteiger partial charge in [-0.2, -0.15) is 0 Å². The van der Waals surface area contributed by atoms with Crippen LogP contribution in [0, 0.1) is 0 Å². The zero-order valence-electron chi connectivity index (χ0n) is 9.01. The summed E-state index contributed by atoms with van der Waals surface area (Å²) in [5, 5.41) is 0. The van der Waals surface area contributed by atoms with Crippen LogP contribution >= 0.6 is 12.2 Å². The van der Waals surface area contributed by atoms with E-state index in [9.17, 15) is 9.59 Å². The molecular formula is C10H14N2O3S.